The van der Waals surface area contributed by atoms with Crippen LogP contribution in [-0.2, 0) is 16.8 Å². The zero-order chi connectivity index (χ0) is 21.2. The number of H-pyrrole nitrogens is 1. The van der Waals surface area contributed by atoms with Crippen LogP contribution in [0, 0.1) is 18.8 Å². The normalized spacial score (nSPS) is 29.6. The minimum Gasteiger partial charge on any atom is -0.357 e. The summed E-state index contributed by atoms with van der Waals surface area (Å²) < 4.78 is 0. The average molecular weight is 411 g/mol. The number of hydrogen-bond acceptors (Lipinski definition) is 2. The number of fused-ring (bicyclic) bond motifs is 6. The third-order valence-corrected chi connectivity index (χ3v) is 8.14. The van der Waals surface area contributed by atoms with Gasteiger partial charge < -0.3 is 4.98 Å². The molecular formula is C28H30N2O. The van der Waals surface area contributed by atoms with Gasteiger partial charge in [-0.25, -0.2) is 0 Å². The second-order valence-electron chi connectivity index (χ2n) is 10.1. The largest absolute Gasteiger partial charge is 0.357 e. The molecule has 0 amide bonds. The molecular weight excluding hydrogens is 380 g/mol. The fourth-order valence-electron chi connectivity index (χ4n) is 6.49. The summed E-state index contributed by atoms with van der Waals surface area (Å²) in [5.41, 5.74) is 7.65. The highest BCUT2D eigenvalue weighted by Crippen LogP contribution is 2.50. The van der Waals surface area contributed by atoms with E-state index < -0.39 is 0 Å². The number of nitrogens with zero attached hydrogens (tertiary/aromatic N) is 1. The number of benzene rings is 2. The van der Waals surface area contributed by atoms with Crippen molar-refractivity contribution < 1.29 is 4.79 Å². The molecule has 3 nitrogen and oxygen atoms in total. The molecule has 1 N–H and O–H groups in total. The van der Waals surface area contributed by atoms with E-state index in [1.807, 2.05) is 18.2 Å². The van der Waals surface area contributed by atoms with Crippen LogP contribution in [0.5, 0.6) is 0 Å². The predicted octanol–water partition coefficient (Wildman–Crippen LogP) is 5.63. The van der Waals surface area contributed by atoms with Crippen LogP contribution >= 0.6 is 0 Å². The molecule has 0 spiro atoms. The Kier molecular flexibility index (Phi) is 4.26. The highest BCUT2D eigenvalue weighted by atomic mass is 16.1. The first-order chi connectivity index (χ1) is 15.0. The summed E-state index contributed by atoms with van der Waals surface area (Å²) in [6.07, 6.45) is 5.92. The van der Waals surface area contributed by atoms with E-state index in [-0.39, 0.29) is 5.54 Å². The van der Waals surface area contributed by atoms with E-state index in [4.69, 9.17) is 0 Å². The third kappa shape index (κ3) is 3.02. The third-order valence-electron chi connectivity index (χ3n) is 8.14. The van der Waals surface area contributed by atoms with Crippen LogP contribution in [-0.4, -0.2) is 28.8 Å². The Bertz CT molecular complexity index is 1200. The molecule has 2 aromatic carbocycles. The molecule has 1 aromatic heterocycles. The van der Waals surface area contributed by atoms with Gasteiger partial charge in [0.15, 0.2) is 5.78 Å². The number of aromatic nitrogens is 1. The van der Waals surface area contributed by atoms with Gasteiger partial charge in [0.1, 0.15) is 0 Å². The van der Waals surface area contributed by atoms with Gasteiger partial charge in [0.2, 0.25) is 0 Å². The van der Waals surface area contributed by atoms with Crippen molar-refractivity contribution in [2.24, 2.45) is 11.8 Å². The number of carbonyl (C=O) groups excluding carboxylic acids is 1. The quantitative estimate of drug-likeness (QED) is 0.528. The number of hydrogen-bond donors (Lipinski definition) is 1. The number of allylic oxidation sites excluding steroid dienone is 1. The highest BCUT2D eigenvalue weighted by Gasteiger charge is 2.49. The van der Waals surface area contributed by atoms with E-state index in [0.29, 0.717) is 24.0 Å². The van der Waals surface area contributed by atoms with Crippen molar-refractivity contribution in [1.29, 1.82) is 0 Å². The van der Waals surface area contributed by atoms with Crippen LogP contribution in [0.3, 0.4) is 0 Å². The summed E-state index contributed by atoms with van der Waals surface area (Å²) in [5, 5.41) is 1.39. The predicted molar refractivity (Wildman–Crippen MR) is 126 cm³/mol. The van der Waals surface area contributed by atoms with Gasteiger partial charge in [-0.3, -0.25) is 9.69 Å². The molecule has 3 atom stereocenters. The molecule has 0 radical (unpaired) electrons. The summed E-state index contributed by atoms with van der Waals surface area (Å²) in [7, 11) is 0. The van der Waals surface area contributed by atoms with E-state index in [9.17, 15) is 4.79 Å². The smallest absolute Gasteiger partial charge is 0.159 e. The minimum absolute atomic E-state index is 0.00258. The van der Waals surface area contributed by atoms with Gasteiger partial charge >= 0.3 is 0 Å². The lowest BCUT2D eigenvalue weighted by molar-refractivity contribution is -0.121. The molecule has 0 bridgehead atoms. The average Bonchev–Trinajstić information content (AvgIpc) is 3.13. The first-order valence-corrected chi connectivity index (χ1v) is 11.7. The summed E-state index contributed by atoms with van der Waals surface area (Å²) in [5.74, 6) is 1.40. The molecule has 2 aliphatic heterocycles. The van der Waals surface area contributed by atoms with Crippen molar-refractivity contribution in [3.05, 3.63) is 76.5 Å². The summed E-state index contributed by atoms with van der Waals surface area (Å²) in [4.78, 5) is 19.5. The van der Waals surface area contributed by atoms with Crippen molar-refractivity contribution in [1.82, 2.24) is 9.88 Å². The molecule has 6 rings (SSSR count). The van der Waals surface area contributed by atoms with E-state index >= 15 is 0 Å². The zero-order valence-electron chi connectivity index (χ0n) is 18.4. The first kappa shape index (κ1) is 19.1. The molecule has 3 aromatic rings. The maximum absolute atomic E-state index is 13.1. The standard InChI is InChI=1S/C28H30N2O/c1-18-8-9-25-24(12-18)23-10-11-30-17-22-14-20(13-19-6-4-3-5-7-19)26(31)15-21(22)16-28(30,2)27(23)29-25/h3-9,12-13,21-22,29H,10-11,14-17H2,1-2H3/b20-13+/t21?,22?,28-/m0/s1. The minimum atomic E-state index is 0.00258. The van der Waals surface area contributed by atoms with Crippen molar-refractivity contribution >= 4 is 22.8 Å². The molecule has 1 aliphatic carbocycles. The SMILES string of the molecule is Cc1ccc2[nH]c3c(c2c1)CCN1CC2C/C(=C\c4ccccc4)C(=O)CC2C[C@@]31C. The maximum atomic E-state index is 13.1. The Morgan fingerprint density at radius 1 is 1.10 bits per heavy atom. The fraction of sp³-hybridized carbons (Fsp3) is 0.393. The number of aromatic amines is 1. The highest BCUT2D eigenvalue weighted by molar-refractivity contribution is 6.00. The molecule has 31 heavy (non-hydrogen) atoms. The Morgan fingerprint density at radius 2 is 1.94 bits per heavy atom. The van der Waals surface area contributed by atoms with Crippen molar-refractivity contribution in [3.8, 4) is 0 Å². The Labute approximate surface area is 184 Å². The lowest BCUT2D eigenvalue weighted by atomic mass is 9.65. The van der Waals surface area contributed by atoms with Crippen molar-refractivity contribution in [2.75, 3.05) is 13.1 Å². The molecule has 2 unspecified atom stereocenters. The van der Waals surface area contributed by atoms with Gasteiger partial charge in [-0.05, 0) is 79.9 Å². The van der Waals surface area contributed by atoms with Gasteiger partial charge in [0.05, 0.1) is 5.54 Å². The van der Waals surface area contributed by atoms with Crippen LogP contribution in [0.15, 0.2) is 54.1 Å². The molecule has 158 valence electrons. The summed E-state index contributed by atoms with van der Waals surface area (Å²) in [6, 6.07) is 17.1. The number of nitrogens with one attached hydrogen (secondary N) is 1. The van der Waals surface area contributed by atoms with Crippen LogP contribution in [0.2, 0.25) is 0 Å². The molecule has 3 heteroatoms. The lowest BCUT2D eigenvalue weighted by Crippen LogP contribution is -2.57. The van der Waals surface area contributed by atoms with Crippen LogP contribution < -0.4 is 0 Å². The van der Waals surface area contributed by atoms with Crippen molar-refractivity contribution in [2.45, 2.75) is 45.1 Å². The topological polar surface area (TPSA) is 36.1 Å². The second-order valence-corrected chi connectivity index (χ2v) is 10.1. The van der Waals surface area contributed by atoms with Gasteiger partial charge in [0, 0.05) is 36.1 Å². The summed E-state index contributed by atoms with van der Waals surface area (Å²) >= 11 is 0. The monoisotopic (exact) mass is 410 g/mol. The molecule has 3 heterocycles. The number of ketones is 1. The van der Waals surface area contributed by atoms with Crippen molar-refractivity contribution in [3.63, 3.8) is 0 Å². The number of aryl methyl sites for hydroxylation is 1. The summed E-state index contributed by atoms with van der Waals surface area (Å²) in [6.45, 7) is 6.78. The molecule has 1 saturated heterocycles. The van der Waals surface area contributed by atoms with Gasteiger partial charge in [-0.15, -0.1) is 0 Å². The molecule has 3 aliphatic rings. The lowest BCUT2D eigenvalue weighted by Gasteiger charge is -2.54. The Balaban J connectivity index is 1.33. The van der Waals surface area contributed by atoms with E-state index in [1.54, 1.807) is 0 Å². The fourth-order valence-corrected chi connectivity index (χ4v) is 6.49. The Morgan fingerprint density at radius 3 is 2.77 bits per heavy atom. The van der Waals surface area contributed by atoms with E-state index in [2.05, 4.69) is 60.1 Å². The number of piperidine rings is 1. The second kappa shape index (κ2) is 6.93. The molecule has 2 fully saturated rings. The maximum Gasteiger partial charge on any atom is 0.159 e. The van der Waals surface area contributed by atoms with E-state index in [1.165, 1.54) is 27.7 Å². The number of rotatable bonds is 1. The van der Waals surface area contributed by atoms with Gasteiger partial charge in [0.25, 0.3) is 0 Å². The van der Waals surface area contributed by atoms with Crippen LogP contribution in [0.25, 0.3) is 17.0 Å². The van der Waals surface area contributed by atoms with Gasteiger partial charge in [-0.2, -0.15) is 0 Å². The number of carbonyl (C=O) groups is 1. The number of Topliss-reactive ketones (excluding diaryl/α,β-unsaturated/α-hetero) is 1. The Hall–Kier alpha value is -2.65. The van der Waals surface area contributed by atoms with Gasteiger partial charge in [-0.1, -0.05) is 42.0 Å². The van der Waals surface area contributed by atoms with E-state index in [0.717, 1.165) is 43.5 Å². The first-order valence-electron chi connectivity index (χ1n) is 11.7. The van der Waals surface area contributed by atoms with Crippen LogP contribution in [0.1, 0.15) is 48.6 Å². The molecule has 1 saturated carbocycles. The zero-order valence-corrected chi connectivity index (χ0v) is 18.4. The van der Waals surface area contributed by atoms with Crippen LogP contribution in [0.4, 0.5) is 0 Å².